The zero-order valence-electron chi connectivity index (χ0n) is 13.0. The lowest BCUT2D eigenvalue weighted by Gasteiger charge is -2.18. The summed E-state index contributed by atoms with van der Waals surface area (Å²) in [4.78, 5) is 10.4. The topological polar surface area (TPSA) is 41.0 Å². The first-order valence-electron chi connectivity index (χ1n) is 7.64. The molecule has 134 valence electrons. The van der Waals surface area contributed by atoms with Crippen molar-refractivity contribution in [2.75, 3.05) is 18.0 Å². The van der Waals surface area contributed by atoms with Gasteiger partial charge in [-0.2, -0.15) is 13.2 Å². The molecule has 1 aromatic carbocycles. The van der Waals surface area contributed by atoms with Crippen molar-refractivity contribution in [1.82, 2.24) is 15.3 Å². The Morgan fingerprint density at radius 3 is 2.64 bits per heavy atom. The van der Waals surface area contributed by atoms with Crippen molar-refractivity contribution in [2.45, 2.75) is 25.2 Å². The molecule has 0 bridgehead atoms. The van der Waals surface area contributed by atoms with E-state index in [-0.39, 0.29) is 18.2 Å². The zero-order valence-corrected chi connectivity index (χ0v) is 14.6. The Bertz CT molecular complexity index is 736. The van der Waals surface area contributed by atoms with Gasteiger partial charge in [-0.3, -0.25) is 0 Å². The number of anilines is 1. The first-order valence-corrected chi connectivity index (χ1v) is 8.44. The fourth-order valence-electron chi connectivity index (χ4n) is 2.80. The van der Waals surface area contributed by atoms with Crippen LogP contribution >= 0.6 is 15.9 Å². The third kappa shape index (κ3) is 4.46. The molecule has 0 saturated carbocycles. The van der Waals surface area contributed by atoms with Crippen LogP contribution < -0.4 is 10.2 Å². The van der Waals surface area contributed by atoms with Gasteiger partial charge < -0.3 is 10.2 Å². The summed E-state index contributed by atoms with van der Waals surface area (Å²) in [6, 6.07) is 2.77. The summed E-state index contributed by atoms with van der Waals surface area (Å²) in [5.74, 6) is -0.305. The molecule has 1 N–H and O–H groups in total. The van der Waals surface area contributed by atoms with Crippen LogP contribution in [0.4, 0.5) is 23.5 Å². The highest BCUT2D eigenvalue weighted by molar-refractivity contribution is 9.10. The van der Waals surface area contributed by atoms with Gasteiger partial charge in [0.25, 0.3) is 0 Å². The van der Waals surface area contributed by atoms with Gasteiger partial charge in [-0.05, 0) is 40.0 Å². The number of rotatable bonds is 4. The Hall–Kier alpha value is -1.74. The number of hydrogen-bond acceptors (Lipinski definition) is 4. The van der Waals surface area contributed by atoms with Gasteiger partial charge in [0.2, 0.25) is 5.95 Å². The Kier molecular flexibility index (Phi) is 5.24. The summed E-state index contributed by atoms with van der Waals surface area (Å²) >= 11 is 3.27. The van der Waals surface area contributed by atoms with Crippen molar-refractivity contribution >= 4 is 21.9 Å². The highest BCUT2D eigenvalue weighted by Crippen LogP contribution is 2.32. The predicted octanol–water partition coefficient (Wildman–Crippen LogP) is 3.77. The van der Waals surface area contributed by atoms with Gasteiger partial charge in [0.05, 0.1) is 10.0 Å². The van der Waals surface area contributed by atoms with Gasteiger partial charge in [-0.1, -0.05) is 6.07 Å². The normalized spacial score (nSPS) is 18.0. The monoisotopic (exact) mass is 418 g/mol. The molecule has 25 heavy (non-hydrogen) atoms. The summed E-state index contributed by atoms with van der Waals surface area (Å²) in [6.07, 6.45) is -0.511. The fraction of sp³-hybridized carbons (Fsp3) is 0.375. The van der Waals surface area contributed by atoms with Crippen molar-refractivity contribution in [3.63, 3.8) is 0 Å². The summed E-state index contributed by atoms with van der Waals surface area (Å²) in [5.41, 5.74) is -0.904. The standard InChI is InChI=1S/C16H15BrF4N4/c17-11-7-23-15(24-8-11)25-4-3-13(9-25)22-6-10-1-2-12(18)5-14(10)16(19,20)21/h1-2,5,7-8,13,22H,3-4,6,9H2/t13-/m0/s1. The lowest BCUT2D eigenvalue weighted by atomic mass is 10.1. The van der Waals surface area contributed by atoms with Gasteiger partial charge in [0.15, 0.2) is 0 Å². The first kappa shape index (κ1) is 18.1. The zero-order chi connectivity index (χ0) is 18.0. The molecule has 1 fully saturated rings. The maximum absolute atomic E-state index is 13.1. The molecule has 0 unspecified atom stereocenters. The van der Waals surface area contributed by atoms with Gasteiger partial charge >= 0.3 is 6.18 Å². The molecule has 1 aliphatic rings. The van der Waals surface area contributed by atoms with E-state index in [0.29, 0.717) is 18.6 Å². The Morgan fingerprint density at radius 2 is 1.96 bits per heavy atom. The fourth-order valence-corrected chi connectivity index (χ4v) is 3.00. The minimum absolute atomic E-state index is 0.0124. The second kappa shape index (κ2) is 7.25. The summed E-state index contributed by atoms with van der Waals surface area (Å²) in [7, 11) is 0. The molecular formula is C16H15BrF4N4. The van der Waals surface area contributed by atoms with Crippen LogP contribution in [0.2, 0.25) is 0 Å². The van der Waals surface area contributed by atoms with Gasteiger partial charge in [0, 0.05) is 38.1 Å². The molecule has 3 rings (SSSR count). The lowest BCUT2D eigenvalue weighted by Crippen LogP contribution is -2.33. The van der Waals surface area contributed by atoms with Crippen molar-refractivity contribution in [1.29, 1.82) is 0 Å². The van der Waals surface area contributed by atoms with Crippen LogP contribution in [0, 0.1) is 5.82 Å². The predicted molar refractivity (Wildman–Crippen MR) is 88.6 cm³/mol. The van der Waals surface area contributed by atoms with E-state index in [9.17, 15) is 17.6 Å². The molecule has 0 aliphatic carbocycles. The molecular weight excluding hydrogens is 404 g/mol. The molecule has 9 heteroatoms. The van der Waals surface area contributed by atoms with Crippen LogP contribution in [-0.4, -0.2) is 29.1 Å². The maximum Gasteiger partial charge on any atom is 0.416 e. The number of aromatic nitrogens is 2. The summed E-state index contributed by atoms with van der Waals surface area (Å²) in [6.45, 7) is 1.34. The van der Waals surface area contributed by atoms with E-state index < -0.39 is 17.6 Å². The number of hydrogen-bond donors (Lipinski definition) is 1. The first-order chi connectivity index (χ1) is 11.8. The number of nitrogens with one attached hydrogen (secondary N) is 1. The molecule has 0 amide bonds. The van der Waals surface area contributed by atoms with E-state index in [2.05, 4.69) is 31.2 Å². The quantitative estimate of drug-likeness (QED) is 0.767. The second-order valence-electron chi connectivity index (χ2n) is 5.81. The Balaban J connectivity index is 1.63. The van der Waals surface area contributed by atoms with E-state index in [0.717, 1.165) is 23.5 Å². The van der Waals surface area contributed by atoms with Crippen molar-refractivity contribution in [2.24, 2.45) is 0 Å². The van der Waals surface area contributed by atoms with Crippen LogP contribution in [0.15, 0.2) is 35.1 Å². The molecule has 0 spiro atoms. The van der Waals surface area contributed by atoms with Crippen LogP contribution in [0.1, 0.15) is 17.5 Å². The Labute approximate surface area is 150 Å². The number of halogens is 5. The average molecular weight is 419 g/mol. The van der Waals surface area contributed by atoms with Crippen LogP contribution in [0.5, 0.6) is 0 Å². The smallest absolute Gasteiger partial charge is 0.339 e. The summed E-state index contributed by atoms with van der Waals surface area (Å²) < 4.78 is 53.0. The van der Waals surface area contributed by atoms with Crippen LogP contribution in [0.25, 0.3) is 0 Å². The second-order valence-corrected chi connectivity index (χ2v) is 6.73. The summed E-state index contributed by atoms with van der Waals surface area (Å²) in [5, 5.41) is 3.11. The molecule has 1 saturated heterocycles. The molecule has 2 heterocycles. The minimum Gasteiger partial charge on any atom is -0.339 e. The van der Waals surface area contributed by atoms with E-state index in [4.69, 9.17) is 0 Å². The van der Waals surface area contributed by atoms with E-state index in [1.807, 2.05) is 4.90 Å². The molecule has 4 nitrogen and oxygen atoms in total. The highest BCUT2D eigenvalue weighted by Gasteiger charge is 2.34. The Morgan fingerprint density at radius 1 is 1.24 bits per heavy atom. The van der Waals surface area contributed by atoms with Gasteiger partial charge in [-0.15, -0.1) is 0 Å². The highest BCUT2D eigenvalue weighted by atomic mass is 79.9. The average Bonchev–Trinajstić information content (AvgIpc) is 3.02. The van der Waals surface area contributed by atoms with Crippen LogP contribution in [-0.2, 0) is 12.7 Å². The van der Waals surface area contributed by atoms with Crippen LogP contribution in [0.3, 0.4) is 0 Å². The molecule has 1 aliphatic heterocycles. The third-order valence-electron chi connectivity index (χ3n) is 4.04. The number of nitrogens with zero attached hydrogens (tertiary/aromatic N) is 3. The molecule has 1 aromatic heterocycles. The van der Waals surface area contributed by atoms with E-state index >= 15 is 0 Å². The van der Waals surface area contributed by atoms with Crippen molar-refractivity contribution in [3.05, 3.63) is 52.0 Å². The maximum atomic E-state index is 13.1. The van der Waals surface area contributed by atoms with Crippen molar-refractivity contribution in [3.8, 4) is 0 Å². The van der Waals surface area contributed by atoms with Gasteiger partial charge in [0.1, 0.15) is 5.82 Å². The molecule has 1 atom stereocenters. The SMILES string of the molecule is Fc1ccc(CN[C@H]2CCN(c3ncc(Br)cn3)C2)c(C(F)(F)F)c1. The third-order valence-corrected chi connectivity index (χ3v) is 4.45. The number of benzene rings is 1. The largest absolute Gasteiger partial charge is 0.416 e. The lowest BCUT2D eigenvalue weighted by molar-refractivity contribution is -0.138. The molecule has 2 aromatic rings. The minimum atomic E-state index is -4.58. The van der Waals surface area contributed by atoms with Gasteiger partial charge in [-0.25, -0.2) is 14.4 Å². The van der Waals surface area contributed by atoms with E-state index in [1.165, 1.54) is 6.07 Å². The number of alkyl halides is 3. The van der Waals surface area contributed by atoms with Crippen molar-refractivity contribution < 1.29 is 17.6 Å². The molecule has 0 radical (unpaired) electrons. The van der Waals surface area contributed by atoms with E-state index in [1.54, 1.807) is 12.4 Å².